The first kappa shape index (κ1) is 19.0. The molecule has 2 heterocycles. The van der Waals surface area contributed by atoms with Crippen molar-refractivity contribution >= 4 is 22.9 Å². The van der Waals surface area contributed by atoms with Gasteiger partial charge in [-0.25, -0.2) is 4.98 Å². The van der Waals surface area contributed by atoms with Crippen LogP contribution < -0.4 is 9.64 Å². The quantitative estimate of drug-likeness (QED) is 0.448. The second-order valence-corrected chi connectivity index (χ2v) is 8.02. The predicted octanol–water partition coefficient (Wildman–Crippen LogP) is 5.27. The summed E-state index contributed by atoms with van der Waals surface area (Å²) in [6.07, 6.45) is 0. The molecular formula is C25H17N3O2S. The summed E-state index contributed by atoms with van der Waals surface area (Å²) in [5.74, 6) is 0.577. The highest BCUT2D eigenvalue weighted by Gasteiger charge is 2.26. The fourth-order valence-electron chi connectivity index (χ4n) is 3.52. The summed E-state index contributed by atoms with van der Waals surface area (Å²) in [6.45, 7) is 0.425. The van der Waals surface area contributed by atoms with E-state index < -0.39 is 0 Å². The molecule has 0 saturated heterocycles. The van der Waals surface area contributed by atoms with Crippen LogP contribution in [0, 0.1) is 11.3 Å². The van der Waals surface area contributed by atoms with Crippen molar-refractivity contribution in [3.8, 4) is 33.6 Å². The average molecular weight is 423 g/mol. The number of aromatic nitrogens is 1. The van der Waals surface area contributed by atoms with Gasteiger partial charge < -0.3 is 9.64 Å². The highest BCUT2D eigenvalue weighted by molar-refractivity contribution is 7.13. The van der Waals surface area contributed by atoms with Gasteiger partial charge in [0.15, 0.2) is 6.61 Å². The third kappa shape index (κ3) is 3.79. The van der Waals surface area contributed by atoms with Crippen LogP contribution in [0.5, 0.6) is 5.75 Å². The first-order chi connectivity index (χ1) is 15.2. The van der Waals surface area contributed by atoms with Crippen LogP contribution in [0.3, 0.4) is 0 Å². The van der Waals surface area contributed by atoms with E-state index in [1.54, 1.807) is 28.4 Å². The van der Waals surface area contributed by atoms with E-state index in [2.05, 4.69) is 6.07 Å². The van der Waals surface area contributed by atoms with Crippen LogP contribution >= 0.6 is 11.3 Å². The molecule has 0 saturated carbocycles. The molecule has 3 aromatic carbocycles. The average Bonchev–Trinajstić information content (AvgIpc) is 3.32. The van der Waals surface area contributed by atoms with Crippen molar-refractivity contribution in [2.24, 2.45) is 0 Å². The maximum absolute atomic E-state index is 12.7. The van der Waals surface area contributed by atoms with Crippen molar-refractivity contribution in [3.05, 3.63) is 89.3 Å². The van der Waals surface area contributed by atoms with Gasteiger partial charge in [-0.05, 0) is 35.9 Å². The molecule has 150 valence electrons. The number of nitrogens with zero attached hydrogens (tertiary/aromatic N) is 3. The number of carbonyl (C=O) groups is 1. The summed E-state index contributed by atoms with van der Waals surface area (Å²) >= 11 is 1.59. The van der Waals surface area contributed by atoms with E-state index in [9.17, 15) is 4.79 Å². The third-order valence-corrected chi connectivity index (χ3v) is 6.04. The molecule has 5 nitrogen and oxygen atoms in total. The van der Waals surface area contributed by atoms with Gasteiger partial charge >= 0.3 is 0 Å². The molecule has 1 aromatic heterocycles. The molecule has 0 aliphatic carbocycles. The van der Waals surface area contributed by atoms with Crippen molar-refractivity contribution in [1.29, 1.82) is 5.26 Å². The van der Waals surface area contributed by atoms with Crippen LogP contribution in [0.25, 0.3) is 21.8 Å². The fourth-order valence-corrected chi connectivity index (χ4v) is 4.36. The minimum absolute atomic E-state index is 0.0114. The molecule has 1 aliphatic heterocycles. The first-order valence-corrected chi connectivity index (χ1v) is 10.7. The molecule has 0 radical (unpaired) electrons. The summed E-state index contributed by atoms with van der Waals surface area (Å²) in [5.41, 5.74) is 5.15. The number of nitriles is 1. The Morgan fingerprint density at radius 1 is 1.03 bits per heavy atom. The van der Waals surface area contributed by atoms with Gasteiger partial charge in [-0.2, -0.15) is 5.26 Å². The van der Waals surface area contributed by atoms with Gasteiger partial charge in [-0.1, -0.05) is 42.5 Å². The molecule has 1 amide bonds. The fraction of sp³-hybridized carbons (Fsp3) is 0.0800. The maximum atomic E-state index is 12.7. The number of ether oxygens (including phenoxy) is 1. The maximum Gasteiger partial charge on any atom is 0.265 e. The van der Waals surface area contributed by atoms with Crippen LogP contribution in [0.15, 0.2) is 78.2 Å². The SMILES string of the molecule is N#Cc1ccc(CN2C(=O)COc3ccc(-c4csc(-c5ccccc5)n4)cc32)cc1. The number of thiazole rings is 1. The lowest BCUT2D eigenvalue weighted by Crippen LogP contribution is -2.38. The van der Waals surface area contributed by atoms with Crippen molar-refractivity contribution in [1.82, 2.24) is 4.98 Å². The summed E-state index contributed by atoms with van der Waals surface area (Å²) in [4.78, 5) is 19.2. The van der Waals surface area contributed by atoms with Gasteiger partial charge in [-0.15, -0.1) is 11.3 Å². The monoisotopic (exact) mass is 423 g/mol. The van der Waals surface area contributed by atoms with E-state index >= 15 is 0 Å². The van der Waals surface area contributed by atoms with Gasteiger partial charge in [0.1, 0.15) is 10.8 Å². The molecule has 1 aliphatic rings. The van der Waals surface area contributed by atoms with Crippen LogP contribution in [0.2, 0.25) is 0 Å². The lowest BCUT2D eigenvalue weighted by atomic mass is 10.1. The second kappa shape index (κ2) is 8.05. The summed E-state index contributed by atoms with van der Waals surface area (Å²) in [6, 6.07) is 25.3. The van der Waals surface area contributed by atoms with Crippen molar-refractivity contribution in [2.75, 3.05) is 11.5 Å². The number of amides is 1. The van der Waals surface area contributed by atoms with Crippen molar-refractivity contribution < 1.29 is 9.53 Å². The summed E-state index contributed by atoms with van der Waals surface area (Å²) in [7, 11) is 0. The standard InChI is InChI=1S/C25H17N3O2S/c26-13-17-6-8-18(9-7-17)14-28-22-12-20(10-11-23(22)30-15-24(28)29)21-16-31-25(27-21)19-4-2-1-3-5-19/h1-12,16H,14-15H2. The molecule has 0 atom stereocenters. The van der Waals surface area contributed by atoms with E-state index in [0.717, 1.165) is 33.1 Å². The minimum Gasteiger partial charge on any atom is -0.482 e. The largest absolute Gasteiger partial charge is 0.482 e. The first-order valence-electron chi connectivity index (χ1n) is 9.79. The predicted molar refractivity (Wildman–Crippen MR) is 121 cm³/mol. The molecule has 0 fully saturated rings. The van der Waals surface area contributed by atoms with Crippen molar-refractivity contribution in [3.63, 3.8) is 0 Å². The minimum atomic E-state index is -0.0998. The Bertz CT molecular complexity index is 1290. The zero-order chi connectivity index (χ0) is 21.2. The van der Waals surface area contributed by atoms with E-state index in [0.29, 0.717) is 17.9 Å². The number of carbonyl (C=O) groups excluding carboxylic acids is 1. The number of anilines is 1. The molecule has 0 bridgehead atoms. The lowest BCUT2D eigenvalue weighted by Gasteiger charge is -2.30. The number of benzene rings is 3. The Hall–Kier alpha value is -3.95. The Balaban J connectivity index is 1.47. The van der Waals surface area contributed by atoms with Gasteiger partial charge in [0.25, 0.3) is 5.91 Å². The lowest BCUT2D eigenvalue weighted by molar-refractivity contribution is -0.121. The number of fused-ring (bicyclic) bond motifs is 1. The smallest absolute Gasteiger partial charge is 0.265 e. The molecule has 6 heteroatoms. The Morgan fingerprint density at radius 3 is 2.61 bits per heavy atom. The Kier molecular flexibility index (Phi) is 4.95. The van der Waals surface area contributed by atoms with Crippen LogP contribution in [0.1, 0.15) is 11.1 Å². The zero-order valence-corrected chi connectivity index (χ0v) is 17.3. The summed E-state index contributed by atoms with van der Waals surface area (Å²) in [5, 5.41) is 12.0. The van der Waals surface area contributed by atoms with Gasteiger partial charge in [0.2, 0.25) is 0 Å². The molecule has 0 unspecified atom stereocenters. The van der Waals surface area contributed by atoms with Gasteiger partial charge in [-0.3, -0.25) is 4.79 Å². The number of rotatable bonds is 4. The van der Waals surface area contributed by atoms with Crippen LogP contribution in [-0.4, -0.2) is 17.5 Å². The molecule has 5 rings (SSSR count). The van der Waals surface area contributed by atoms with Crippen molar-refractivity contribution in [2.45, 2.75) is 6.54 Å². The highest BCUT2D eigenvalue weighted by atomic mass is 32.1. The molecular weight excluding hydrogens is 406 g/mol. The van der Waals surface area contributed by atoms with Crippen LogP contribution in [0.4, 0.5) is 5.69 Å². The molecule has 0 spiro atoms. The second-order valence-electron chi connectivity index (χ2n) is 7.16. The van der Waals surface area contributed by atoms with E-state index in [1.165, 1.54) is 0 Å². The normalized spacial score (nSPS) is 12.7. The molecule has 4 aromatic rings. The topological polar surface area (TPSA) is 66.2 Å². The van der Waals surface area contributed by atoms with E-state index in [4.69, 9.17) is 15.0 Å². The highest BCUT2D eigenvalue weighted by Crippen LogP contribution is 2.38. The Labute approximate surface area is 183 Å². The van der Waals surface area contributed by atoms with Gasteiger partial charge in [0.05, 0.1) is 29.6 Å². The molecule has 31 heavy (non-hydrogen) atoms. The van der Waals surface area contributed by atoms with Gasteiger partial charge in [0, 0.05) is 16.5 Å². The number of hydrogen-bond acceptors (Lipinski definition) is 5. The van der Waals surface area contributed by atoms with E-state index in [1.807, 2.05) is 66.0 Å². The zero-order valence-electron chi connectivity index (χ0n) is 16.5. The van der Waals surface area contributed by atoms with E-state index in [-0.39, 0.29) is 12.5 Å². The molecule has 0 N–H and O–H groups in total. The summed E-state index contributed by atoms with van der Waals surface area (Å²) < 4.78 is 5.65. The Morgan fingerprint density at radius 2 is 1.84 bits per heavy atom. The third-order valence-electron chi connectivity index (χ3n) is 5.15. The van der Waals surface area contributed by atoms with Crippen LogP contribution in [-0.2, 0) is 11.3 Å². The number of hydrogen-bond donors (Lipinski definition) is 0.